The van der Waals surface area contributed by atoms with Crippen molar-refractivity contribution in [2.24, 2.45) is 5.73 Å². The Morgan fingerprint density at radius 3 is 2.21 bits per heavy atom. The predicted molar refractivity (Wildman–Crippen MR) is 114 cm³/mol. The normalized spacial score (nSPS) is 20.1. The number of rotatable bonds is 5. The largest absolute Gasteiger partial charge is 0.467 e. The Bertz CT molecular complexity index is 1060. The minimum absolute atomic E-state index is 0.380. The van der Waals surface area contributed by atoms with E-state index in [-0.39, 0.29) is 5.88 Å². The number of benzene rings is 2. The van der Waals surface area contributed by atoms with Gasteiger partial charge in [0.25, 0.3) is 0 Å². The summed E-state index contributed by atoms with van der Waals surface area (Å²) < 4.78 is 35.2. The van der Waals surface area contributed by atoms with E-state index in [4.69, 9.17) is 26.3 Å². The summed E-state index contributed by atoms with van der Waals surface area (Å²) in [5, 5.41) is 0.488. The number of halogens is 1. The van der Waals surface area contributed by atoms with Gasteiger partial charge in [-0.3, -0.25) is 4.79 Å². The molecule has 1 atom stereocenters. The van der Waals surface area contributed by atoms with Gasteiger partial charge in [-0.15, -0.1) is 0 Å². The van der Waals surface area contributed by atoms with Crippen molar-refractivity contribution in [1.29, 1.82) is 0 Å². The Balaban J connectivity index is 1.93. The molecular weight excluding hydrogens is 398 g/mol. The van der Waals surface area contributed by atoms with Crippen LogP contribution in [0, 0.1) is 0 Å². The molecular formula is C17H17B3ClNO5S. The molecule has 2 aromatic carbocycles. The Morgan fingerprint density at radius 1 is 1.07 bits per heavy atom. The van der Waals surface area contributed by atoms with Gasteiger partial charge in [0.15, 0.2) is 13.3 Å². The first-order valence-corrected chi connectivity index (χ1v) is 10.3. The van der Waals surface area contributed by atoms with Gasteiger partial charge in [0.1, 0.15) is 15.7 Å². The van der Waals surface area contributed by atoms with Crippen molar-refractivity contribution in [3.63, 3.8) is 0 Å². The SMILES string of the molecule is BC1(c2ccc(Cl)cc2)OC(N)=C(OS(=O)(=O)C(B)(B)c2ccccc2)C1=O. The molecule has 0 saturated carbocycles. The molecule has 0 fully saturated rings. The molecule has 0 radical (unpaired) electrons. The molecule has 11 heteroatoms. The first-order chi connectivity index (χ1) is 13.0. The van der Waals surface area contributed by atoms with E-state index in [1.54, 1.807) is 54.6 Å². The lowest BCUT2D eigenvalue weighted by Crippen LogP contribution is -2.40. The van der Waals surface area contributed by atoms with Gasteiger partial charge in [0.2, 0.25) is 17.4 Å². The molecule has 142 valence electrons. The fourth-order valence-electron chi connectivity index (χ4n) is 2.88. The maximum absolute atomic E-state index is 13.0. The van der Waals surface area contributed by atoms with Gasteiger partial charge in [-0.2, -0.15) is 8.42 Å². The van der Waals surface area contributed by atoms with Gasteiger partial charge < -0.3 is 14.7 Å². The monoisotopic (exact) mass is 415 g/mol. The third-order valence-corrected chi connectivity index (χ3v) is 6.98. The summed E-state index contributed by atoms with van der Waals surface area (Å²) in [6, 6.07) is 15.0. The summed E-state index contributed by atoms with van der Waals surface area (Å²) in [5.74, 6) is -1.59. The van der Waals surface area contributed by atoms with Gasteiger partial charge in [-0.1, -0.05) is 54.1 Å². The van der Waals surface area contributed by atoms with Gasteiger partial charge >= 0.3 is 10.1 Å². The average Bonchev–Trinajstić information content (AvgIpc) is 2.86. The van der Waals surface area contributed by atoms with E-state index in [0.717, 1.165) is 0 Å². The van der Waals surface area contributed by atoms with E-state index in [0.29, 0.717) is 16.1 Å². The van der Waals surface area contributed by atoms with E-state index < -0.39 is 31.7 Å². The third kappa shape index (κ3) is 3.31. The van der Waals surface area contributed by atoms with Crippen LogP contribution in [-0.4, -0.2) is 37.7 Å². The molecule has 2 aromatic rings. The molecule has 1 aliphatic rings. The molecule has 0 saturated heterocycles. The predicted octanol–water partition coefficient (Wildman–Crippen LogP) is -0.724. The van der Waals surface area contributed by atoms with Crippen LogP contribution in [0.5, 0.6) is 0 Å². The van der Waals surface area contributed by atoms with E-state index in [1.807, 2.05) is 0 Å². The number of carbonyl (C=O) groups excluding carboxylic acids is 1. The van der Waals surface area contributed by atoms with Crippen molar-refractivity contribution < 1.29 is 22.1 Å². The van der Waals surface area contributed by atoms with Crippen molar-refractivity contribution in [3.05, 3.63) is 82.4 Å². The molecule has 1 unspecified atom stereocenters. The standard InChI is InChI=1S/C17H17B3ClNO5S/c18-16(10-6-8-12(21)9-7-10)14(23)13(15(22)26-16)27-28(24,25)17(19,20)11-4-2-1-3-5-11/h1-9H,18-20,22H2. The fourth-order valence-corrected chi connectivity index (χ4v) is 4.01. The van der Waals surface area contributed by atoms with Crippen molar-refractivity contribution in [2.75, 3.05) is 0 Å². The van der Waals surface area contributed by atoms with Gasteiger partial charge in [0, 0.05) is 5.02 Å². The highest BCUT2D eigenvalue weighted by Crippen LogP contribution is 2.38. The number of Topliss-reactive ketones (excluding diaryl/α,β-unsaturated/α-hetero) is 1. The van der Waals surface area contributed by atoms with Crippen LogP contribution in [-0.2, 0) is 33.9 Å². The summed E-state index contributed by atoms with van der Waals surface area (Å²) in [7, 11) is 0.222. The zero-order valence-electron chi connectivity index (χ0n) is 15.6. The topological polar surface area (TPSA) is 95.7 Å². The van der Waals surface area contributed by atoms with E-state index in [2.05, 4.69) is 0 Å². The first-order valence-electron chi connectivity index (χ1n) is 8.48. The summed E-state index contributed by atoms with van der Waals surface area (Å²) in [6.07, 6.45) is 0. The quantitative estimate of drug-likeness (QED) is 0.512. The molecule has 6 nitrogen and oxygen atoms in total. The maximum atomic E-state index is 13.0. The van der Waals surface area contributed by atoms with Crippen molar-refractivity contribution in [3.8, 4) is 0 Å². The molecule has 0 spiro atoms. The Labute approximate surface area is 171 Å². The Kier molecular flexibility index (Phi) is 5.06. The summed E-state index contributed by atoms with van der Waals surface area (Å²) >= 11 is 5.89. The molecule has 1 aliphatic heterocycles. The third-order valence-electron chi connectivity index (χ3n) is 4.86. The maximum Gasteiger partial charge on any atom is 0.304 e. The zero-order chi connectivity index (χ0) is 20.7. The molecule has 0 aliphatic carbocycles. The van der Waals surface area contributed by atoms with Crippen LogP contribution >= 0.6 is 11.6 Å². The lowest BCUT2D eigenvalue weighted by atomic mass is 9.65. The molecule has 1 heterocycles. The highest BCUT2D eigenvalue weighted by molar-refractivity contribution is 7.90. The fraction of sp³-hybridized carbons (Fsp3) is 0.118. The van der Waals surface area contributed by atoms with Crippen LogP contribution in [0.25, 0.3) is 0 Å². The molecule has 2 N–H and O–H groups in total. The second-order valence-electron chi connectivity index (χ2n) is 7.08. The number of carbonyl (C=O) groups is 1. The van der Waals surface area contributed by atoms with Crippen molar-refractivity contribution >= 4 is 51.0 Å². The molecule has 0 bridgehead atoms. The van der Waals surface area contributed by atoms with Crippen LogP contribution in [0.3, 0.4) is 0 Å². The minimum atomic E-state index is -4.26. The van der Waals surface area contributed by atoms with Crippen LogP contribution in [0.4, 0.5) is 0 Å². The van der Waals surface area contributed by atoms with Gasteiger partial charge in [-0.05, 0) is 23.3 Å². The molecule has 0 aromatic heterocycles. The smallest absolute Gasteiger partial charge is 0.304 e. The highest BCUT2D eigenvalue weighted by atomic mass is 35.5. The van der Waals surface area contributed by atoms with Crippen LogP contribution < -0.4 is 5.73 Å². The van der Waals surface area contributed by atoms with E-state index in [9.17, 15) is 13.2 Å². The van der Waals surface area contributed by atoms with Crippen molar-refractivity contribution in [2.45, 2.75) is 10.0 Å². The molecule has 3 rings (SSSR count). The number of nitrogens with two attached hydrogens (primary N) is 1. The van der Waals surface area contributed by atoms with Crippen molar-refractivity contribution in [1.82, 2.24) is 0 Å². The number of hydrogen-bond acceptors (Lipinski definition) is 6. The summed E-state index contributed by atoms with van der Waals surface area (Å²) in [6.45, 7) is 0. The van der Waals surface area contributed by atoms with Crippen LogP contribution in [0.1, 0.15) is 11.1 Å². The Hall–Kier alpha value is -2.32. The van der Waals surface area contributed by atoms with Crippen LogP contribution in [0.15, 0.2) is 66.2 Å². The molecule has 0 amide bonds. The zero-order valence-corrected chi connectivity index (χ0v) is 17.2. The molecule has 28 heavy (non-hydrogen) atoms. The van der Waals surface area contributed by atoms with E-state index >= 15 is 0 Å². The van der Waals surface area contributed by atoms with E-state index in [1.165, 1.54) is 23.5 Å². The average molecular weight is 415 g/mol. The number of ether oxygens (including phenoxy) is 1. The first kappa shape index (κ1) is 20.4. The lowest BCUT2D eigenvalue weighted by Gasteiger charge is -2.25. The van der Waals surface area contributed by atoms with Gasteiger partial charge in [0.05, 0.1) is 4.55 Å². The highest BCUT2D eigenvalue weighted by Gasteiger charge is 2.50. The Morgan fingerprint density at radius 2 is 1.64 bits per heavy atom. The number of ketones is 1. The second kappa shape index (κ2) is 6.94. The van der Waals surface area contributed by atoms with Crippen LogP contribution in [0.2, 0.25) is 5.02 Å². The second-order valence-corrected chi connectivity index (χ2v) is 9.61. The summed E-state index contributed by atoms with van der Waals surface area (Å²) in [4.78, 5) is 13.0. The minimum Gasteiger partial charge on any atom is -0.467 e. The van der Waals surface area contributed by atoms with Gasteiger partial charge in [-0.25, -0.2) is 0 Å². The summed E-state index contributed by atoms with van der Waals surface area (Å²) in [5.41, 5.74) is 5.31. The number of hydrogen-bond donors (Lipinski definition) is 1. The lowest BCUT2D eigenvalue weighted by molar-refractivity contribution is -0.126.